The smallest absolute Gasteiger partial charge is 0.296 e. The van der Waals surface area contributed by atoms with Crippen LogP contribution in [0, 0.1) is 5.82 Å². The van der Waals surface area contributed by atoms with Crippen LogP contribution in [0.5, 0.6) is 5.75 Å². The van der Waals surface area contributed by atoms with E-state index in [0.29, 0.717) is 24.4 Å². The van der Waals surface area contributed by atoms with E-state index in [0.717, 1.165) is 5.56 Å². The van der Waals surface area contributed by atoms with E-state index in [1.807, 2.05) is 44.2 Å². The number of carbonyl (C=O) groups excluding carboxylic acids is 2. The van der Waals surface area contributed by atoms with Gasteiger partial charge in [0.15, 0.2) is 5.69 Å². The van der Waals surface area contributed by atoms with Crippen LogP contribution in [0.15, 0.2) is 53.3 Å². The average molecular weight is 567 g/mol. The molecule has 0 radical (unpaired) electrons. The van der Waals surface area contributed by atoms with Gasteiger partial charge in [-0.25, -0.2) is 9.37 Å². The van der Waals surface area contributed by atoms with Gasteiger partial charge in [-0.15, -0.1) is 0 Å². The van der Waals surface area contributed by atoms with Gasteiger partial charge in [-0.3, -0.25) is 19.0 Å². The summed E-state index contributed by atoms with van der Waals surface area (Å²) >= 11 is 0. The molecule has 3 aromatic rings. The molecule has 3 heterocycles. The zero-order valence-electron chi connectivity index (χ0n) is 23.4. The molecule has 218 valence electrons. The lowest BCUT2D eigenvalue weighted by Crippen LogP contribution is -2.38. The predicted octanol–water partition coefficient (Wildman–Crippen LogP) is 3.50. The number of ether oxygens (including phenoxy) is 2. The van der Waals surface area contributed by atoms with Crippen molar-refractivity contribution in [3.8, 4) is 5.75 Å². The van der Waals surface area contributed by atoms with Crippen LogP contribution in [-0.2, 0) is 29.2 Å². The second kappa shape index (κ2) is 13.5. The molecule has 2 aliphatic heterocycles. The number of fused-ring (bicyclic) bond motifs is 1. The SMILES string of the molecule is CC.CC1OCCn2c1nc(C(=O)NCc1ccc(F)cc1N1C(=O)CC[C@@H]1CO)c(OCc1ccccc1)c2=O. The van der Waals surface area contributed by atoms with Crippen LogP contribution >= 0.6 is 0 Å². The fourth-order valence-corrected chi connectivity index (χ4v) is 4.91. The molecule has 1 fully saturated rings. The zero-order chi connectivity index (χ0) is 29.5. The highest BCUT2D eigenvalue weighted by atomic mass is 19.1. The number of nitrogens with one attached hydrogen (secondary N) is 1. The summed E-state index contributed by atoms with van der Waals surface area (Å²) in [5.41, 5.74) is 0.891. The highest BCUT2D eigenvalue weighted by Gasteiger charge is 2.33. The average Bonchev–Trinajstić information content (AvgIpc) is 3.37. The van der Waals surface area contributed by atoms with Gasteiger partial charge in [0.05, 0.1) is 31.5 Å². The minimum Gasteiger partial charge on any atom is -0.481 e. The van der Waals surface area contributed by atoms with Crippen molar-refractivity contribution in [3.63, 3.8) is 0 Å². The van der Waals surface area contributed by atoms with E-state index in [-0.39, 0.29) is 55.8 Å². The number of nitrogens with zero attached hydrogens (tertiary/aromatic N) is 3. The monoisotopic (exact) mass is 566 g/mol. The standard InChI is InChI=1S/C28H29FN4O6.C2H6/c1-17-26-31-24(25(28(37)32(26)11-12-38-17)39-16-18-5-3-2-4-6-18)27(36)30-14-19-7-8-20(29)13-22(19)33-21(15-34)9-10-23(33)35;1-2/h2-8,13,17,21,34H,9-12,14-16H2,1H3,(H,30,36);1-2H3/t17?,21-;/m1./s1. The Balaban J connectivity index is 0.00000189. The van der Waals surface area contributed by atoms with E-state index in [1.165, 1.54) is 27.7 Å². The van der Waals surface area contributed by atoms with Crippen molar-refractivity contribution >= 4 is 17.5 Å². The minimum atomic E-state index is -0.668. The molecular weight excluding hydrogens is 531 g/mol. The second-order valence-corrected chi connectivity index (χ2v) is 9.49. The van der Waals surface area contributed by atoms with Crippen LogP contribution in [-0.4, -0.2) is 45.7 Å². The van der Waals surface area contributed by atoms with Gasteiger partial charge in [-0.05, 0) is 36.6 Å². The Hall–Kier alpha value is -4.09. The summed E-state index contributed by atoms with van der Waals surface area (Å²) in [6.45, 7) is 6.07. The van der Waals surface area contributed by atoms with Crippen molar-refractivity contribution in [1.29, 1.82) is 0 Å². The number of carbonyl (C=O) groups is 2. The third-order valence-electron chi connectivity index (χ3n) is 6.93. The first-order valence-corrected chi connectivity index (χ1v) is 13.8. The molecule has 11 heteroatoms. The Morgan fingerprint density at radius 3 is 2.68 bits per heavy atom. The molecule has 2 aromatic carbocycles. The molecule has 0 aliphatic carbocycles. The first-order chi connectivity index (χ1) is 19.9. The van der Waals surface area contributed by atoms with Crippen molar-refractivity contribution in [1.82, 2.24) is 14.9 Å². The second-order valence-electron chi connectivity index (χ2n) is 9.49. The van der Waals surface area contributed by atoms with Crippen LogP contribution in [0.3, 0.4) is 0 Å². The zero-order valence-corrected chi connectivity index (χ0v) is 23.4. The summed E-state index contributed by atoms with van der Waals surface area (Å²) in [6.07, 6.45) is 0.184. The van der Waals surface area contributed by atoms with Crippen molar-refractivity contribution < 1.29 is 28.6 Å². The molecular formula is C30H35FN4O6. The molecule has 1 aromatic heterocycles. The van der Waals surface area contributed by atoms with E-state index in [2.05, 4.69) is 10.3 Å². The summed E-state index contributed by atoms with van der Waals surface area (Å²) in [6, 6.07) is 12.7. The molecule has 10 nitrogen and oxygen atoms in total. The topological polar surface area (TPSA) is 123 Å². The van der Waals surface area contributed by atoms with Crippen molar-refractivity contribution in [2.24, 2.45) is 0 Å². The van der Waals surface area contributed by atoms with Crippen LogP contribution in [0.25, 0.3) is 0 Å². The number of amides is 2. The lowest BCUT2D eigenvalue weighted by molar-refractivity contribution is -0.117. The van der Waals surface area contributed by atoms with Crippen molar-refractivity contribution in [3.05, 3.63) is 87.3 Å². The maximum atomic E-state index is 14.2. The van der Waals surface area contributed by atoms with Gasteiger partial charge in [-0.1, -0.05) is 50.2 Å². The minimum absolute atomic E-state index is 0.0607. The number of benzene rings is 2. The molecule has 0 bridgehead atoms. The summed E-state index contributed by atoms with van der Waals surface area (Å²) in [5.74, 6) is -1.31. The van der Waals surface area contributed by atoms with Gasteiger partial charge in [0.1, 0.15) is 24.4 Å². The summed E-state index contributed by atoms with van der Waals surface area (Å²) in [7, 11) is 0. The van der Waals surface area contributed by atoms with Crippen LogP contribution in [0.4, 0.5) is 10.1 Å². The molecule has 0 saturated carbocycles. The Labute approximate surface area is 237 Å². The Bertz CT molecular complexity index is 1440. The molecule has 1 unspecified atom stereocenters. The van der Waals surface area contributed by atoms with Gasteiger partial charge in [0.2, 0.25) is 11.7 Å². The number of aromatic nitrogens is 2. The number of anilines is 1. The Morgan fingerprint density at radius 1 is 1.20 bits per heavy atom. The summed E-state index contributed by atoms with van der Waals surface area (Å²) < 4.78 is 27.1. The van der Waals surface area contributed by atoms with Crippen molar-refractivity contribution in [2.75, 3.05) is 18.1 Å². The van der Waals surface area contributed by atoms with E-state index in [1.54, 1.807) is 6.92 Å². The molecule has 1 saturated heterocycles. The van der Waals surface area contributed by atoms with Crippen LogP contribution in [0.2, 0.25) is 0 Å². The van der Waals surface area contributed by atoms with Crippen LogP contribution in [0.1, 0.15) is 67.2 Å². The molecule has 2 N–H and O–H groups in total. The van der Waals surface area contributed by atoms with Crippen molar-refractivity contribution in [2.45, 2.75) is 65.5 Å². The maximum Gasteiger partial charge on any atom is 0.296 e. The lowest BCUT2D eigenvalue weighted by Gasteiger charge is -2.26. The quantitative estimate of drug-likeness (QED) is 0.428. The first-order valence-electron chi connectivity index (χ1n) is 13.8. The molecule has 2 aliphatic rings. The molecule has 5 rings (SSSR count). The number of hydrogen-bond donors (Lipinski definition) is 2. The number of aliphatic hydroxyl groups is 1. The number of hydrogen-bond acceptors (Lipinski definition) is 7. The van der Waals surface area contributed by atoms with E-state index < -0.39 is 29.4 Å². The largest absolute Gasteiger partial charge is 0.481 e. The molecule has 2 amide bonds. The number of halogens is 1. The molecule has 41 heavy (non-hydrogen) atoms. The predicted molar refractivity (Wildman–Crippen MR) is 150 cm³/mol. The fourth-order valence-electron chi connectivity index (χ4n) is 4.91. The van der Waals surface area contributed by atoms with Gasteiger partial charge in [0, 0.05) is 13.0 Å². The van der Waals surface area contributed by atoms with E-state index in [4.69, 9.17) is 9.47 Å². The van der Waals surface area contributed by atoms with E-state index in [9.17, 15) is 23.9 Å². The Kier molecular flexibility index (Phi) is 9.85. The lowest BCUT2D eigenvalue weighted by atomic mass is 10.1. The maximum absolute atomic E-state index is 14.2. The molecule has 2 atom stereocenters. The van der Waals surface area contributed by atoms with Gasteiger partial charge in [0.25, 0.3) is 11.5 Å². The summed E-state index contributed by atoms with van der Waals surface area (Å²) in [5, 5.41) is 12.5. The number of rotatable bonds is 8. The highest BCUT2D eigenvalue weighted by Crippen LogP contribution is 2.31. The fraction of sp³-hybridized carbons (Fsp3) is 0.400. The van der Waals surface area contributed by atoms with Crippen LogP contribution < -0.4 is 20.5 Å². The van der Waals surface area contributed by atoms with Gasteiger partial charge >= 0.3 is 0 Å². The third-order valence-corrected chi connectivity index (χ3v) is 6.93. The highest BCUT2D eigenvalue weighted by molar-refractivity contribution is 5.97. The first kappa shape index (κ1) is 29.9. The van der Waals surface area contributed by atoms with Gasteiger partial charge in [-0.2, -0.15) is 0 Å². The Morgan fingerprint density at radius 2 is 1.95 bits per heavy atom. The summed E-state index contributed by atoms with van der Waals surface area (Å²) in [4.78, 5) is 45.2. The molecule has 0 spiro atoms. The third kappa shape index (κ3) is 6.47. The van der Waals surface area contributed by atoms with Gasteiger partial charge < -0.3 is 24.8 Å². The van der Waals surface area contributed by atoms with E-state index >= 15 is 0 Å². The number of aliphatic hydroxyl groups excluding tert-OH is 1. The normalized spacial score (nSPS) is 17.9.